The number of aliphatic hydroxyl groups excluding tert-OH is 4. The summed E-state index contributed by atoms with van der Waals surface area (Å²) in [6.07, 6.45) is -3.60. The fourth-order valence-corrected chi connectivity index (χ4v) is 9.86. The van der Waals surface area contributed by atoms with Crippen molar-refractivity contribution in [1.82, 2.24) is 0 Å². The van der Waals surface area contributed by atoms with Gasteiger partial charge in [-0.25, -0.2) is 0 Å². The summed E-state index contributed by atoms with van der Waals surface area (Å²) in [6.45, 7) is 12.9. The molecule has 1 rings (SSSR count). The molecule has 178 valence electrons. The predicted octanol–water partition coefficient (Wildman–Crippen LogP) is 4.45. The number of ether oxygens (including phenoxy) is 2. The quantitative estimate of drug-likeness (QED) is 0.256. The molecule has 8 heteroatoms. The Kier molecular flexibility index (Phi) is 11.0. The topological polar surface area (TPSA) is 109 Å². The van der Waals surface area contributed by atoms with Gasteiger partial charge in [-0.3, -0.25) is 0 Å². The Labute approximate surface area is 187 Å². The first-order valence-electron chi connectivity index (χ1n) is 10.8. The van der Waals surface area contributed by atoms with Gasteiger partial charge in [-0.2, -0.15) is 0 Å². The van der Waals surface area contributed by atoms with Gasteiger partial charge in [-0.1, -0.05) is 53.7 Å². The molecule has 31 heavy (non-hydrogen) atoms. The van der Waals surface area contributed by atoms with Crippen LogP contribution in [-0.4, -0.2) is 60.8 Å². The summed E-state index contributed by atoms with van der Waals surface area (Å²) in [4.78, 5) is 0. The number of benzene rings is 1. The average molecular weight is 457 g/mol. The Morgan fingerprint density at radius 3 is 1.90 bits per heavy atom. The zero-order valence-corrected chi connectivity index (χ0v) is 20.8. The number of rotatable bonds is 13. The molecule has 0 amide bonds. The maximum atomic E-state index is 10.9. The molecule has 3 atom stereocenters. The molecule has 0 aliphatic carbocycles. The predicted molar refractivity (Wildman–Crippen MR) is 124 cm³/mol. The van der Waals surface area contributed by atoms with Crippen molar-refractivity contribution in [2.45, 2.75) is 83.1 Å². The van der Waals surface area contributed by atoms with E-state index in [0.29, 0.717) is 28.6 Å². The van der Waals surface area contributed by atoms with E-state index in [4.69, 9.17) is 19.0 Å². The van der Waals surface area contributed by atoms with Crippen LogP contribution in [0.3, 0.4) is 0 Å². The highest BCUT2D eigenvalue weighted by Gasteiger charge is 2.46. The van der Waals surface area contributed by atoms with Gasteiger partial charge in [0.2, 0.25) is 0 Å². The van der Waals surface area contributed by atoms with Gasteiger partial charge < -0.3 is 34.3 Å². The van der Waals surface area contributed by atoms with Gasteiger partial charge in [0.1, 0.15) is 30.3 Å². The summed E-state index contributed by atoms with van der Waals surface area (Å²) in [7, 11) is -0.665. The van der Waals surface area contributed by atoms with E-state index in [2.05, 4.69) is 41.5 Å². The summed E-state index contributed by atoms with van der Waals surface area (Å²) < 4.78 is 17.3. The maximum Gasteiger partial charge on any atom is 0.200 e. The van der Waals surface area contributed by atoms with Crippen molar-refractivity contribution < 1.29 is 34.3 Å². The summed E-state index contributed by atoms with van der Waals surface area (Å²) in [6, 6.07) is 7.17. The summed E-state index contributed by atoms with van der Waals surface area (Å²) >= 11 is 0. The van der Waals surface area contributed by atoms with Crippen molar-refractivity contribution >= 4 is 8.32 Å². The van der Waals surface area contributed by atoms with Crippen molar-refractivity contribution in [3.63, 3.8) is 0 Å². The number of hydrogen-bond donors (Lipinski definition) is 4. The molecule has 0 spiro atoms. The van der Waals surface area contributed by atoms with E-state index in [1.165, 1.54) is 0 Å². The third kappa shape index (κ3) is 6.95. The molecule has 4 N–H and O–H groups in total. The van der Waals surface area contributed by atoms with Crippen LogP contribution in [0, 0.1) is 0 Å². The smallest absolute Gasteiger partial charge is 0.200 e. The lowest BCUT2D eigenvalue weighted by molar-refractivity contribution is -0.115. The highest BCUT2D eigenvalue weighted by atomic mass is 28.4. The van der Waals surface area contributed by atoms with Gasteiger partial charge in [0.15, 0.2) is 14.1 Å². The first-order valence-corrected chi connectivity index (χ1v) is 12.9. The lowest BCUT2D eigenvalue weighted by Gasteiger charge is -2.43. The summed E-state index contributed by atoms with van der Waals surface area (Å²) in [5.74, 6) is 0.0193. The molecule has 0 bridgehead atoms. The molecule has 7 nitrogen and oxygen atoms in total. The third-order valence-corrected chi connectivity index (χ3v) is 12.0. The minimum Gasteiger partial charge on any atom is -0.512 e. The summed E-state index contributed by atoms with van der Waals surface area (Å²) in [5.41, 5.74) is 1.78. The van der Waals surface area contributed by atoms with Crippen LogP contribution in [0.4, 0.5) is 0 Å². The van der Waals surface area contributed by atoms with E-state index in [-0.39, 0.29) is 13.2 Å². The van der Waals surface area contributed by atoms with Crippen LogP contribution in [0.15, 0.2) is 36.3 Å². The fourth-order valence-electron chi connectivity index (χ4n) is 4.40. The average Bonchev–Trinajstić information content (AvgIpc) is 2.73. The molecule has 0 aliphatic rings. The monoisotopic (exact) mass is 456 g/mol. The molecule has 0 fully saturated rings. The van der Waals surface area contributed by atoms with Crippen LogP contribution in [-0.2, 0) is 15.8 Å². The molecule has 0 aromatic heterocycles. The minimum atomic E-state index is -2.24. The molecule has 0 unspecified atom stereocenters. The lowest BCUT2D eigenvalue weighted by atomic mass is 10.1. The van der Waals surface area contributed by atoms with Crippen molar-refractivity contribution in [3.8, 4) is 5.75 Å². The molecule has 0 radical (unpaired) electrons. The first kappa shape index (κ1) is 27.5. The fraction of sp³-hybridized carbons (Fsp3) is 0.652. The van der Waals surface area contributed by atoms with E-state index in [0.717, 1.165) is 5.56 Å². The van der Waals surface area contributed by atoms with Gasteiger partial charge in [0.05, 0.1) is 20.3 Å². The van der Waals surface area contributed by atoms with Crippen molar-refractivity contribution in [1.29, 1.82) is 0 Å². The highest BCUT2D eigenvalue weighted by molar-refractivity contribution is 6.77. The van der Waals surface area contributed by atoms with Crippen LogP contribution in [0.5, 0.6) is 5.75 Å². The van der Waals surface area contributed by atoms with Gasteiger partial charge in [0, 0.05) is 0 Å². The van der Waals surface area contributed by atoms with E-state index in [1.807, 2.05) is 0 Å². The normalized spacial score (nSPS) is 16.1. The highest BCUT2D eigenvalue weighted by Crippen LogP contribution is 2.42. The largest absolute Gasteiger partial charge is 0.512 e. The second kappa shape index (κ2) is 12.5. The Hall–Kier alpha value is -1.58. The van der Waals surface area contributed by atoms with Crippen molar-refractivity contribution in [2.75, 3.05) is 13.7 Å². The summed E-state index contributed by atoms with van der Waals surface area (Å²) in [5, 5.41) is 40.2. The van der Waals surface area contributed by atoms with Crippen LogP contribution in [0.2, 0.25) is 16.6 Å². The standard InChI is InChI=1S/C23H40O7Si/c1-15(2)31(16(3)4,17(5)6)30-14-21(26)23(22(27)20(25)12-24)29-13-18-8-10-19(28-7)11-9-18/h8-12,15-17,21-27H,13-14H2,1-7H3/t21-,22-,23-/m1/s1. The number of hydrogen-bond acceptors (Lipinski definition) is 7. The zero-order chi connectivity index (χ0) is 23.8. The van der Waals surface area contributed by atoms with Crippen LogP contribution in [0.25, 0.3) is 0 Å². The van der Waals surface area contributed by atoms with Crippen LogP contribution >= 0.6 is 0 Å². The maximum absolute atomic E-state index is 10.9. The molecule has 1 aromatic carbocycles. The molecular weight excluding hydrogens is 416 g/mol. The second-order valence-corrected chi connectivity index (χ2v) is 14.3. The Bertz CT molecular complexity index is 651. The van der Waals surface area contributed by atoms with Crippen molar-refractivity contribution in [3.05, 3.63) is 41.9 Å². The van der Waals surface area contributed by atoms with Gasteiger partial charge in [-0.15, -0.1) is 0 Å². The molecule has 0 heterocycles. The molecule has 1 aromatic rings. The van der Waals surface area contributed by atoms with Crippen molar-refractivity contribution in [2.24, 2.45) is 0 Å². The zero-order valence-electron chi connectivity index (χ0n) is 19.8. The van der Waals surface area contributed by atoms with Crippen LogP contribution in [0.1, 0.15) is 47.1 Å². The number of aliphatic hydroxyl groups is 4. The Morgan fingerprint density at radius 2 is 1.48 bits per heavy atom. The molecule has 0 saturated heterocycles. The third-order valence-electron chi connectivity index (χ3n) is 5.94. The van der Waals surface area contributed by atoms with E-state index in [1.54, 1.807) is 31.4 Å². The van der Waals surface area contributed by atoms with E-state index < -0.39 is 32.4 Å². The molecular formula is C23H40O7Si. The van der Waals surface area contributed by atoms with E-state index >= 15 is 0 Å². The Balaban J connectivity index is 3.00. The minimum absolute atomic E-state index is 0.0379. The Morgan fingerprint density at radius 1 is 0.968 bits per heavy atom. The lowest BCUT2D eigenvalue weighted by Crippen LogP contribution is -2.51. The van der Waals surface area contributed by atoms with Gasteiger partial charge in [0.25, 0.3) is 0 Å². The van der Waals surface area contributed by atoms with Gasteiger partial charge in [-0.05, 0) is 34.3 Å². The first-order chi connectivity index (χ1) is 14.5. The number of methoxy groups -OCH3 is 1. The molecule has 0 aliphatic heterocycles. The SMILES string of the molecule is COc1ccc(CO[C@H]([C@H](O)CO[Si](C(C)C)(C(C)C)C(C)C)[C@H](O)C(O)=CO)cc1. The van der Waals surface area contributed by atoms with Crippen LogP contribution < -0.4 is 4.74 Å². The second-order valence-electron chi connectivity index (χ2n) is 8.82. The van der Waals surface area contributed by atoms with Gasteiger partial charge >= 0.3 is 0 Å². The molecule has 0 saturated carbocycles. The van der Waals surface area contributed by atoms with E-state index in [9.17, 15) is 15.3 Å².